The molecule has 0 aliphatic carbocycles. The molecule has 0 amide bonds. The third-order valence-corrected chi connectivity index (χ3v) is 5.35. The molecule has 30 heavy (non-hydrogen) atoms. The Morgan fingerprint density at radius 2 is 1.27 bits per heavy atom. The van der Waals surface area contributed by atoms with Gasteiger partial charge in [-0.25, -0.2) is 0 Å². The van der Waals surface area contributed by atoms with Gasteiger partial charge in [0.15, 0.2) is 0 Å². The van der Waals surface area contributed by atoms with E-state index >= 15 is 0 Å². The Morgan fingerprint density at radius 3 is 1.90 bits per heavy atom. The first-order chi connectivity index (χ1) is 14.7. The zero-order valence-electron chi connectivity index (χ0n) is 19.3. The van der Waals surface area contributed by atoms with Gasteiger partial charge in [0, 0.05) is 12.8 Å². The van der Waals surface area contributed by atoms with E-state index in [-0.39, 0.29) is 11.9 Å². The molecule has 1 rings (SSSR count). The van der Waals surface area contributed by atoms with Crippen LogP contribution in [-0.4, -0.2) is 18.5 Å². The van der Waals surface area contributed by atoms with Crippen molar-refractivity contribution in [2.24, 2.45) is 0 Å². The summed E-state index contributed by atoms with van der Waals surface area (Å²) in [5.41, 5.74) is 1.03. The number of carbonyl (C=O) groups is 2. The molecule has 0 N–H and O–H groups in total. The second-order valence-corrected chi connectivity index (χ2v) is 8.04. The molecule has 4 heteroatoms. The van der Waals surface area contributed by atoms with E-state index in [2.05, 4.69) is 6.92 Å². The van der Waals surface area contributed by atoms with Crippen molar-refractivity contribution in [3.8, 4) is 5.75 Å². The van der Waals surface area contributed by atoms with Crippen LogP contribution in [0.3, 0.4) is 0 Å². The van der Waals surface area contributed by atoms with Crippen molar-refractivity contribution >= 4 is 11.9 Å². The molecule has 0 unspecified atom stereocenters. The van der Waals surface area contributed by atoms with Crippen LogP contribution in [0.1, 0.15) is 109 Å². The molecule has 0 aliphatic heterocycles. The number of carbonyl (C=O) groups excluding carboxylic acids is 2. The van der Waals surface area contributed by atoms with Crippen molar-refractivity contribution in [2.75, 3.05) is 6.61 Å². The highest BCUT2D eigenvalue weighted by atomic mass is 16.5. The van der Waals surface area contributed by atoms with Crippen molar-refractivity contribution in [1.29, 1.82) is 0 Å². The van der Waals surface area contributed by atoms with E-state index in [0.717, 1.165) is 24.8 Å². The van der Waals surface area contributed by atoms with E-state index in [4.69, 9.17) is 9.47 Å². The zero-order valence-corrected chi connectivity index (χ0v) is 19.3. The topological polar surface area (TPSA) is 52.6 Å². The normalized spacial score (nSPS) is 10.7. The highest BCUT2D eigenvalue weighted by Gasteiger charge is 2.09. The maximum Gasteiger partial charge on any atom is 0.311 e. The van der Waals surface area contributed by atoms with E-state index in [0.29, 0.717) is 38.0 Å². The van der Waals surface area contributed by atoms with Gasteiger partial charge < -0.3 is 9.47 Å². The van der Waals surface area contributed by atoms with Gasteiger partial charge in [-0.2, -0.15) is 0 Å². The van der Waals surface area contributed by atoms with Gasteiger partial charge in [0.1, 0.15) is 5.75 Å². The molecule has 0 radical (unpaired) electrons. The molecule has 0 aliphatic rings. The van der Waals surface area contributed by atoms with Crippen LogP contribution < -0.4 is 4.74 Å². The standard InChI is InChI=1S/C26H42O4/c1-3-5-6-7-8-9-10-11-12-17-22-29-25(27)20-15-16-21-26(28)30-24-19-14-13-18-23(24)4-2/h13-14,18-19H,3-12,15-17,20-22H2,1-2H3. The summed E-state index contributed by atoms with van der Waals surface area (Å²) in [7, 11) is 0. The van der Waals surface area contributed by atoms with Crippen LogP contribution in [0.2, 0.25) is 0 Å². The quantitative estimate of drug-likeness (QED) is 0.144. The second-order valence-electron chi connectivity index (χ2n) is 8.04. The van der Waals surface area contributed by atoms with E-state index in [1.807, 2.05) is 31.2 Å². The van der Waals surface area contributed by atoms with Gasteiger partial charge in [0.2, 0.25) is 0 Å². The van der Waals surface area contributed by atoms with Crippen LogP contribution in [0, 0.1) is 0 Å². The average molecular weight is 419 g/mol. The Labute approximate surface area is 183 Å². The van der Waals surface area contributed by atoms with Gasteiger partial charge in [-0.1, -0.05) is 89.8 Å². The van der Waals surface area contributed by atoms with Crippen molar-refractivity contribution < 1.29 is 19.1 Å². The number of esters is 2. The first kappa shape index (κ1) is 26.2. The summed E-state index contributed by atoms with van der Waals surface area (Å²) in [5, 5.41) is 0. The first-order valence-corrected chi connectivity index (χ1v) is 12.1. The zero-order chi connectivity index (χ0) is 21.9. The predicted octanol–water partition coefficient (Wildman–Crippen LogP) is 7.18. The number of aryl methyl sites for hydroxylation is 1. The predicted molar refractivity (Wildman–Crippen MR) is 123 cm³/mol. The van der Waals surface area contributed by atoms with Crippen LogP contribution in [0.25, 0.3) is 0 Å². The van der Waals surface area contributed by atoms with Crippen LogP contribution in [0.4, 0.5) is 0 Å². The molecular weight excluding hydrogens is 376 g/mol. The van der Waals surface area contributed by atoms with E-state index < -0.39 is 0 Å². The van der Waals surface area contributed by atoms with Crippen molar-refractivity contribution in [3.05, 3.63) is 29.8 Å². The average Bonchev–Trinajstić information content (AvgIpc) is 2.75. The lowest BCUT2D eigenvalue weighted by Gasteiger charge is -2.08. The fourth-order valence-corrected chi connectivity index (χ4v) is 3.46. The molecule has 0 heterocycles. The summed E-state index contributed by atoms with van der Waals surface area (Å²) in [5.74, 6) is 0.242. The van der Waals surface area contributed by atoms with E-state index in [9.17, 15) is 9.59 Å². The number of unbranched alkanes of at least 4 members (excludes halogenated alkanes) is 10. The van der Waals surface area contributed by atoms with Crippen LogP contribution in [-0.2, 0) is 20.7 Å². The number of ether oxygens (including phenoxy) is 2. The summed E-state index contributed by atoms with van der Waals surface area (Å²) in [6, 6.07) is 7.60. The Kier molecular flexibility index (Phi) is 15.7. The molecule has 0 spiro atoms. The largest absolute Gasteiger partial charge is 0.466 e. The number of benzene rings is 1. The van der Waals surface area contributed by atoms with Crippen molar-refractivity contribution in [1.82, 2.24) is 0 Å². The van der Waals surface area contributed by atoms with Gasteiger partial charge in [-0.15, -0.1) is 0 Å². The smallest absolute Gasteiger partial charge is 0.311 e. The van der Waals surface area contributed by atoms with Gasteiger partial charge in [0.25, 0.3) is 0 Å². The third-order valence-electron chi connectivity index (χ3n) is 5.35. The SMILES string of the molecule is CCCCCCCCCCCCOC(=O)CCCCC(=O)Oc1ccccc1CC. The van der Waals surface area contributed by atoms with E-state index in [1.165, 1.54) is 51.4 Å². The molecule has 1 aromatic carbocycles. The summed E-state index contributed by atoms with van der Waals surface area (Å²) in [6.45, 7) is 4.80. The van der Waals surface area contributed by atoms with Gasteiger partial charge in [0.05, 0.1) is 6.61 Å². The summed E-state index contributed by atoms with van der Waals surface area (Å²) in [6.07, 6.45) is 15.5. The maximum atomic E-state index is 12.0. The highest BCUT2D eigenvalue weighted by molar-refractivity contribution is 5.73. The molecule has 0 bridgehead atoms. The van der Waals surface area contributed by atoms with Crippen LogP contribution >= 0.6 is 0 Å². The lowest BCUT2D eigenvalue weighted by Crippen LogP contribution is -2.10. The lowest BCUT2D eigenvalue weighted by molar-refractivity contribution is -0.144. The fraction of sp³-hybridized carbons (Fsp3) is 0.692. The van der Waals surface area contributed by atoms with Crippen LogP contribution in [0.15, 0.2) is 24.3 Å². The molecule has 0 aromatic heterocycles. The third kappa shape index (κ3) is 13.4. The molecule has 170 valence electrons. The van der Waals surface area contributed by atoms with Gasteiger partial charge in [-0.3, -0.25) is 9.59 Å². The molecule has 0 saturated heterocycles. The Morgan fingerprint density at radius 1 is 0.700 bits per heavy atom. The summed E-state index contributed by atoms with van der Waals surface area (Å²) in [4.78, 5) is 23.8. The molecule has 1 aromatic rings. The summed E-state index contributed by atoms with van der Waals surface area (Å²) < 4.78 is 10.7. The van der Waals surface area contributed by atoms with Gasteiger partial charge in [-0.05, 0) is 37.3 Å². The highest BCUT2D eigenvalue weighted by Crippen LogP contribution is 2.19. The first-order valence-electron chi connectivity index (χ1n) is 12.1. The maximum absolute atomic E-state index is 12.0. The fourth-order valence-electron chi connectivity index (χ4n) is 3.46. The molecule has 0 fully saturated rings. The van der Waals surface area contributed by atoms with Gasteiger partial charge >= 0.3 is 11.9 Å². The number of rotatable bonds is 18. The minimum atomic E-state index is -0.241. The van der Waals surface area contributed by atoms with Crippen molar-refractivity contribution in [3.63, 3.8) is 0 Å². The Hall–Kier alpha value is -1.84. The van der Waals surface area contributed by atoms with Crippen molar-refractivity contribution in [2.45, 2.75) is 110 Å². The number of hydrogen-bond donors (Lipinski definition) is 0. The Bertz CT molecular complexity index is 582. The second kappa shape index (κ2) is 18.0. The number of para-hydroxylation sites is 1. The minimum absolute atomic E-state index is 0.157. The van der Waals surface area contributed by atoms with Crippen LogP contribution in [0.5, 0.6) is 5.75 Å². The molecular formula is C26H42O4. The van der Waals surface area contributed by atoms with E-state index in [1.54, 1.807) is 0 Å². The molecule has 4 nitrogen and oxygen atoms in total. The number of hydrogen-bond acceptors (Lipinski definition) is 4. The molecule has 0 atom stereocenters. The lowest BCUT2D eigenvalue weighted by atomic mass is 10.1. The Balaban J connectivity index is 1.94. The monoisotopic (exact) mass is 418 g/mol. The molecule has 0 saturated carbocycles. The minimum Gasteiger partial charge on any atom is -0.466 e. The summed E-state index contributed by atoms with van der Waals surface area (Å²) >= 11 is 0.